The second-order valence-corrected chi connectivity index (χ2v) is 9.71. The van der Waals surface area contributed by atoms with Crippen LogP contribution in [0.1, 0.15) is 57.0 Å². The highest BCUT2D eigenvalue weighted by molar-refractivity contribution is 6.01. The van der Waals surface area contributed by atoms with Crippen LogP contribution >= 0.6 is 0 Å². The third-order valence-electron chi connectivity index (χ3n) is 5.42. The van der Waals surface area contributed by atoms with E-state index in [4.69, 9.17) is 4.74 Å². The Morgan fingerprint density at radius 2 is 1.69 bits per heavy atom. The Hall–Kier alpha value is -3.61. The molecule has 7 heteroatoms. The minimum atomic E-state index is -0.848. The van der Waals surface area contributed by atoms with Crippen molar-refractivity contribution in [2.75, 3.05) is 11.5 Å². The monoisotopic (exact) mass is 476 g/mol. The molecular weight excluding hydrogens is 440 g/mol. The maximum absolute atomic E-state index is 13.7. The van der Waals surface area contributed by atoms with E-state index in [0.29, 0.717) is 30.2 Å². The van der Waals surface area contributed by atoms with Gasteiger partial charge in [0.2, 0.25) is 11.8 Å². The number of ether oxygens (including phenoxy) is 1. The second kappa shape index (κ2) is 11.2. The maximum atomic E-state index is 13.7. The van der Waals surface area contributed by atoms with E-state index in [2.05, 4.69) is 10.4 Å². The lowest BCUT2D eigenvalue weighted by molar-refractivity contribution is -0.127. The first-order valence-corrected chi connectivity index (χ1v) is 12.0. The van der Waals surface area contributed by atoms with Crippen LogP contribution in [0.2, 0.25) is 0 Å². The molecule has 3 aromatic rings. The van der Waals surface area contributed by atoms with Gasteiger partial charge in [0.05, 0.1) is 12.3 Å². The smallest absolute Gasteiger partial charge is 0.248 e. The fourth-order valence-electron chi connectivity index (χ4n) is 3.83. The number of amides is 2. The molecule has 7 nitrogen and oxygen atoms in total. The Balaban J connectivity index is 2.03. The van der Waals surface area contributed by atoms with E-state index in [1.54, 1.807) is 9.58 Å². The van der Waals surface area contributed by atoms with Crippen LogP contribution in [0.4, 0.5) is 5.69 Å². The van der Waals surface area contributed by atoms with Gasteiger partial charge in [-0.15, -0.1) is 0 Å². The van der Waals surface area contributed by atoms with Crippen molar-refractivity contribution in [1.82, 2.24) is 15.1 Å². The Labute approximate surface area is 208 Å². The first kappa shape index (κ1) is 26.0. The number of aryl methyl sites for hydroxylation is 3. The van der Waals surface area contributed by atoms with E-state index < -0.39 is 11.6 Å². The van der Waals surface area contributed by atoms with Crippen LogP contribution in [0.5, 0.6) is 5.75 Å². The Morgan fingerprint density at radius 1 is 1.03 bits per heavy atom. The number of carbonyl (C=O) groups excluding carboxylic acids is 2. The SMILES string of the molecule is CCOc1ccc([C@H](C(=O)NC(C)(C)C)N(C(=O)CCn2ccc(C)n2)c2ccc(C)cc2)cc1. The summed E-state index contributed by atoms with van der Waals surface area (Å²) in [6.07, 6.45) is 2.06. The fraction of sp³-hybridized carbons (Fsp3) is 0.393. The van der Waals surface area contributed by atoms with Gasteiger partial charge in [-0.1, -0.05) is 29.8 Å². The van der Waals surface area contributed by atoms with Gasteiger partial charge in [-0.05, 0) is 77.4 Å². The second-order valence-electron chi connectivity index (χ2n) is 9.71. The average Bonchev–Trinajstić information content (AvgIpc) is 3.21. The summed E-state index contributed by atoms with van der Waals surface area (Å²) in [6.45, 7) is 12.6. The summed E-state index contributed by atoms with van der Waals surface area (Å²) in [6, 6.07) is 16.1. The van der Waals surface area contributed by atoms with E-state index in [1.807, 2.05) is 102 Å². The van der Waals surface area contributed by atoms with Crippen molar-refractivity contribution in [3.8, 4) is 5.75 Å². The molecule has 0 aliphatic heterocycles. The number of anilines is 1. The number of nitrogens with one attached hydrogen (secondary N) is 1. The molecule has 186 valence electrons. The lowest BCUT2D eigenvalue weighted by Crippen LogP contribution is -2.49. The van der Waals surface area contributed by atoms with E-state index >= 15 is 0 Å². The van der Waals surface area contributed by atoms with Crippen molar-refractivity contribution >= 4 is 17.5 Å². The number of rotatable bonds is 9. The topological polar surface area (TPSA) is 76.5 Å². The zero-order chi connectivity index (χ0) is 25.6. The summed E-state index contributed by atoms with van der Waals surface area (Å²) in [5.41, 5.74) is 2.88. The molecule has 2 amide bonds. The third-order valence-corrected chi connectivity index (χ3v) is 5.42. The molecule has 2 aromatic carbocycles. The van der Waals surface area contributed by atoms with Crippen molar-refractivity contribution in [3.63, 3.8) is 0 Å². The molecule has 0 saturated heterocycles. The van der Waals surface area contributed by atoms with E-state index in [0.717, 1.165) is 11.3 Å². The van der Waals surface area contributed by atoms with Gasteiger partial charge >= 0.3 is 0 Å². The van der Waals surface area contributed by atoms with Gasteiger partial charge in [-0.25, -0.2) is 0 Å². The highest BCUT2D eigenvalue weighted by Crippen LogP contribution is 2.31. The molecule has 0 radical (unpaired) electrons. The van der Waals surface area contributed by atoms with Gasteiger partial charge in [-0.3, -0.25) is 19.2 Å². The molecule has 35 heavy (non-hydrogen) atoms. The van der Waals surface area contributed by atoms with Gasteiger partial charge < -0.3 is 10.1 Å². The molecular formula is C28H36N4O3. The van der Waals surface area contributed by atoms with E-state index in [-0.39, 0.29) is 18.2 Å². The van der Waals surface area contributed by atoms with Crippen LogP contribution in [-0.2, 0) is 16.1 Å². The van der Waals surface area contributed by atoms with E-state index in [1.165, 1.54) is 0 Å². The maximum Gasteiger partial charge on any atom is 0.248 e. The molecule has 0 unspecified atom stereocenters. The number of hydrogen-bond acceptors (Lipinski definition) is 4. The minimum Gasteiger partial charge on any atom is -0.494 e. The van der Waals surface area contributed by atoms with Crippen LogP contribution in [-0.4, -0.2) is 33.7 Å². The Bertz CT molecular complexity index is 1130. The summed E-state index contributed by atoms with van der Waals surface area (Å²) < 4.78 is 7.34. The van der Waals surface area contributed by atoms with Gasteiger partial charge in [0.1, 0.15) is 11.8 Å². The molecule has 1 N–H and O–H groups in total. The predicted octanol–water partition coefficient (Wildman–Crippen LogP) is 4.98. The van der Waals surface area contributed by atoms with E-state index in [9.17, 15) is 9.59 Å². The van der Waals surface area contributed by atoms with Crippen molar-refractivity contribution in [2.24, 2.45) is 0 Å². The van der Waals surface area contributed by atoms with Crippen LogP contribution < -0.4 is 15.0 Å². The third kappa shape index (κ3) is 7.18. The first-order chi connectivity index (χ1) is 16.6. The highest BCUT2D eigenvalue weighted by atomic mass is 16.5. The summed E-state index contributed by atoms with van der Waals surface area (Å²) in [4.78, 5) is 29.0. The molecule has 3 rings (SSSR count). The summed E-state index contributed by atoms with van der Waals surface area (Å²) in [7, 11) is 0. The molecule has 0 bridgehead atoms. The average molecular weight is 477 g/mol. The Morgan fingerprint density at radius 3 is 2.23 bits per heavy atom. The molecule has 0 aliphatic carbocycles. The molecule has 0 spiro atoms. The summed E-state index contributed by atoms with van der Waals surface area (Å²) in [5, 5.41) is 7.46. The zero-order valence-corrected chi connectivity index (χ0v) is 21.5. The van der Waals surface area contributed by atoms with Crippen molar-refractivity contribution in [3.05, 3.63) is 77.6 Å². The van der Waals surface area contributed by atoms with Crippen molar-refractivity contribution < 1.29 is 14.3 Å². The number of aromatic nitrogens is 2. The molecule has 0 fully saturated rings. The van der Waals surface area contributed by atoms with Crippen molar-refractivity contribution in [1.29, 1.82) is 0 Å². The number of benzene rings is 2. The molecule has 0 aliphatic rings. The standard InChI is InChI=1S/C28H36N4O3/c1-7-35-24-14-10-22(11-15-24)26(27(34)29-28(4,5)6)32(23-12-8-20(2)9-13-23)25(33)17-19-31-18-16-21(3)30-31/h8-16,18,26H,7,17,19H2,1-6H3,(H,29,34)/t26-/m1/s1. The highest BCUT2D eigenvalue weighted by Gasteiger charge is 2.34. The van der Waals surface area contributed by atoms with Crippen LogP contribution in [0, 0.1) is 13.8 Å². The predicted molar refractivity (Wildman–Crippen MR) is 138 cm³/mol. The zero-order valence-electron chi connectivity index (χ0n) is 21.5. The Kier molecular flexibility index (Phi) is 8.33. The fourth-order valence-corrected chi connectivity index (χ4v) is 3.83. The van der Waals surface area contributed by atoms with Crippen LogP contribution in [0.25, 0.3) is 0 Å². The van der Waals surface area contributed by atoms with Gasteiger partial charge in [0.15, 0.2) is 0 Å². The van der Waals surface area contributed by atoms with Gasteiger partial charge in [0.25, 0.3) is 0 Å². The molecule has 1 heterocycles. The normalized spacial score (nSPS) is 12.2. The number of nitrogens with zero attached hydrogens (tertiary/aromatic N) is 3. The molecule has 1 atom stereocenters. The molecule has 1 aromatic heterocycles. The number of hydrogen-bond donors (Lipinski definition) is 1. The summed E-state index contributed by atoms with van der Waals surface area (Å²) >= 11 is 0. The lowest BCUT2D eigenvalue weighted by atomic mass is 10.00. The van der Waals surface area contributed by atoms with Gasteiger partial charge in [-0.2, -0.15) is 5.10 Å². The lowest BCUT2D eigenvalue weighted by Gasteiger charge is -2.34. The largest absolute Gasteiger partial charge is 0.494 e. The quantitative estimate of drug-likeness (QED) is 0.473. The molecule has 0 saturated carbocycles. The summed E-state index contributed by atoms with van der Waals surface area (Å²) in [5.74, 6) is 0.309. The van der Waals surface area contributed by atoms with Crippen molar-refractivity contribution in [2.45, 2.75) is 66.1 Å². The van der Waals surface area contributed by atoms with Gasteiger partial charge in [0, 0.05) is 30.4 Å². The number of carbonyl (C=O) groups is 2. The van der Waals surface area contributed by atoms with Crippen LogP contribution in [0.3, 0.4) is 0 Å². The minimum absolute atomic E-state index is 0.162. The first-order valence-electron chi connectivity index (χ1n) is 12.0. The van der Waals surface area contributed by atoms with Crippen LogP contribution in [0.15, 0.2) is 60.8 Å².